The summed E-state index contributed by atoms with van der Waals surface area (Å²) in [4.78, 5) is 0. The smallest absolute Gasteiger partial charge is 0.261 e. The average molecular weight is 169 g/mol. The normalized spacial score (nSPS) is 0.800. The van der Waals surface area contributed by atoms with E-state index in [0.29, 0.717) is 0 Å². The minimum atomic E-state index is 0. The number of hydrogen-bond acceptors (Lipinski definition) is 1. The van der Waals surface area contributed by atoms with Crippen molar-refractivity contribution in [3.8, 4) is 0 Å². The third kappa shape index (κ3) is 26.7. The van der Waals surface area contributed by atoms with Crippen molar-refractivity contribution in [2.24, 2.45) is 0 Å². The zero-order chi connectivity index (χ0) is 2.00. The molecule has 0 heterocycles. The Hall–Kier alpha value is 1.72. The Morgan fingerprint density at radius 2 is 1.20 bits per heavy atom. The second kappa shape index (κ2) is 43.0. The molecule has 0 fully saturated rings. The summed E-state index contributed by atoms with van der Waals surface area (Å²) in [6, 6.07) is 0. The van der Waals surface area contributed by atoms with E-state index in [9.17, 15) is 0 Å². The van der Waals surface area contributed by atoms with Gasteiger partial charge in [-0.1, -0.05) is 0 Å². The molecule has 5 heteroatoms. The Morgan fingerprint density at radius 3 is 1.20 bits per heavy atom. The van der Waals surface area contributed by atoms with Gasteiger partial charge in [-0.15, -0.1) is 0 Å². The largest absolute Gasteiger partial charge is 0.261 e. The van der Waals surface area contributed by atoms with Gasteiger partial charge >= 0.3 is 0 Å². The Morgan fingerprint density at radius 1 is 1.20 bits per heavy atom. The topological polar surface area (TPSA) is 17.1 Å². The molecule has 0 saturated carbocycles. The van der Waals surface area contributed by atoms with E-state index in [0.717, 1.165) is 0 Å². The monoisotopic (exact) mass is 169 g/mol. The van der Waals surface area contributed by atoms with Crippen molar-refractivity contribution in [1.82, 2.24) is 0 Å². The molecule has 0 aromatic rings. The SMILES string of the molecule is O=[P].[Co].[Fe].[Li]. The average Bonchev–Trinajstić information content (AvgIpc) is 1.00. The minimum absolute atomic E-state index is 0. The molecule has 0 spiro atoms. The molecule has 0 rings (SSSR count). The van der Waals surface area contributed by atoms with E-state index in [1.807, 2.05) is 0 Å². The molecular formula is CoFeLiOP. The first-order chi connectivity index (χ1) is 1.00. The van der Waals surface area contributed by atoms with E-state index >= 15 is 0 Å². The van der Waals surface area contributed by atoms with Gasteiger partial charge in [0.1, 0.15) is 0 Å². The van der Waals surface area contributed by atoms with Crippen LogP contribution >= 0.6 is 9.12 Å². The zero-order valence-corrected chi connectivity index (χ0v) is 5.58. The molecule has 0 atom stereocenters. The fourth-order valence-corrected chi connectivity index (χ4v) is 0. The molecule has 1 nitrogen and oxygen atoms in total. The molecule has 0 aromatic carbocycles. The van der Waals surface area contributed by atoms with Gasteiger partial charge in [0, 0.05) is 52.7 Å². The first-order valence-corrected chi connectivity index (χ1v) is 0.548. The second-order valence-corrected chi connectivity index (χ2v) is 0. The van der Waals surface area contributed by atoms with Crippen molar-refractivity contribution < 1.29 is 38.4 Å². The van der Waals surface area contributed by atoms with Crippen molar-refractivity contribution in [2.75, 3.05) is 0 Å². The van der Waals surface area contributed by atoms with Crippen molar-refractivity contribution >= 4 is 28.0 Å². The van der Waals surface area contributed by atoms with Gasteiger partial charge in [-0.05, 0) is 0 Å². The fraction of sp³-hybridized carbons (Fsp3) is 0. The van der Waals surface area contributed by atoms with E-state index in [-0.39, 0.29) is 52.7 Å². The molecule has 0 unspecified atom stereocenters. The Kier molecular flexibility index (Phi) is 255. The van der Waals surface area contributed by atoms with Crippen LogP contribution in [0.3, 0.4) is 0 Å². The van der Waals surface area contributed by atoms with Crippen LogP contribution in [-0.2, 0) is 38.4 Å². The van der Waals surface area contributed by atoms with Crippen LogP contribution in [0.2, 0.25) is 0 Å². The molecule has 0 aliphatic heterocycles. The summed E-state index contributed by atoms with van der Waals surface area (Å²) < 4.78 is 7.94. The quantitative estimate of drug-likeness (QED) is 0.377. The van der Waals surface area contributed by atoms with Crippen LogP contribution in [0, 0.1) is 0 Å². The van der Waals surface area contributed by atoms with E-state index in [2.05, 4.69) is 9.12 Å². The van der Waals surface area contributed by atoms with Crippen LogP contribution in [0.5, 0.6) is 0 Å². The summed E-state index contributed by atoms with van der Waals surface area (Å²) in [5, 5.41) is 0. The van der Waals surface area contributed by atoms with E-state index in [1.54, 1.807) is 0 Å². The van der Waals surface area contributed by atoms with Crippen LogP contribution in [-0.4, -0.2) is 18.9 Å². The van der Waals surface area contributed by atoms with Crippen molar-refractivity contribution in [2.45, 2.75) is 0 Å². The van der Waals surface area contributed by atoms with Gasteiger partial charge < -0.3 is 0 Å². The van der Waals surface area contributed by atoms with Crippen LogP contribution in [0.15, 0.2) is 0 Å². The molecule has 29 valence electrons. The second-order valence-electron chi connectivity index (χ2n) is 0. The maximum Gasteiger partial charge on any atom is 0.261 e. The number of hydrogen-bond donors (Lipinski definition) is 0. The van der Waals surface area contributed by atoms with Gasteiger partial charge in [0.15, 0.2) is 0 Å². The summed E-state index contributed by atoms with van der Waals surface area (Å²) in [5.74, 6) is 0. The minimum Gasteiger partial charge on any atom is -0.261 e. The molecule has 3 radical (unpaired) electrons. The molecule has 0 saturated heterocycles. The maximum atomic E-state index is 7.94. The Balaban J connectivity index is -0.00000000167. The Labute approximate surface area is 66.1 Å². The standard InChI is InChI=1S/Co.Fe.Li.OP/c;;;1-2. The predicted octanol–water partition coefficient (Wildman–Crippen LogP) is 0.357. The van der Waals surface area contributed by atoms with Crippen molar-refractivity contribution in [1.29, 1.82) is 0 Å². The maximum absolute atomic E-state index is 7.94. The first kappa shape index (κ1) is 29.7. The predicted molar refractivity (Wildman–Crippen MR) is 13.4 cm³/mol. The molecule has 5 heavy (non-hydrogen) atoms. The summed E-state index contributed by atoms with van der Waals surface area (Å²) in [7, 11) is 2.28. The van der Waals surface area contributed by atoms with E-state index < -0.39 is 0 Å². The van der Waals surface area contributed by atoms with E-state index in [1.165, 1.54) is 0 Å². The molecule has 0 bridgehead atoms. The summed E-state index contributed by atoms with van der Waals surface area (Å²) >= 11 is 0. The van der Waals surface area contributed by atoms with Crippen molar-refractivity contribution in [3.05, 3.63) is 0 Å². The van der Waals surface area contributed by atoms with Gasteiger partial charge in [-0.3, -0.25) is 4.57 Å². The molecular weight excluding hydrogens is 169 g/mol. The summed E-state index contributed by atoms with van der Waals surface area (Å²) in [5.41, 5.74) is 0. The van der Waals surface area contributed by atoms with Crippen LogP contribution in [0.4, 0.5) is 0 Å². The molecule has 0 aromatic heterocycles. The first-order valence-electron chi connectivity index (χ1n) is 0.183. The summed E-state index contributed by atoms with van der Waals surface area (Å²) in [6.45, 7) is 0. The Bertz CT molecular complexity index is 11.6. The van der Waals surface area contributed by atoms with Crippen molar-refractivity contribution in [3.63, 3.8) is 0 Å². The molecule has 0 aliphatic rings. The third-order valence-corrected chi connectivity index (χ3v) is 0. The fourth-order valence-electron chi connectivity index (χ4n) is 0. The summed E-state index contributed by atoms with van der Waals surface area (Å²) in [6.07, 6.45) is 0. The number of rotatable bonds is 0. The van der Waals surface area contributed by atoms with Crippen LogP contribution < -0.4 is 0 Å². The molecule has 0 N–H and O–H groups in total. The molecule has 0 aliphatic carbocycles. The zero-order valence-electron chi connectivity index (χ0n) is 2.54. The van der Waals surface area contributed by atoms with Crippen LogP contribution in [0.25, 0.3) is 0 Å². The van der Waals surface area contributed by atoms with Gasteiger partial charge in [0.05, 0.1) is 0 Å². The molecule has 0 amide bonds. The van der Waals surface area contributed by atoms with Gasteiger partial charge in [0.2, 0.25) is 0 Å². The van der Waals surface area contributed by atoms with Crippen LogP contribution in [0.1, 0.15) is 0 Å². The van der Waals surface area contributed by atoms with E-state index in [4.69, 9.17) is 4.57 Å². The van der Waals surface area contributed by atoms with Gasteiger partial charge in [-0.25, -0.2) is 0 Å². The van der Waals surface area contributed by atoms with Gasteiger partial charge in [0.25, 0.3) is 9.12 Å². The van der Waals surface area contributed by atoms with Gasteiger partial charge in [-0.2, -0.15) is 0 Å². The third-order valence-electron chi connectivity index (χ3n) is 0.